The average molecular weight is 1480 g/mol. The fourth-order valence-electron chi connectivity index (χ4n) is 10.8. The number of rotatable bonds is 76. The number of ether oxygens (including phenoxy) is 4. The van der Waals surface area contributed by atoms with Gasteiger partial charge in [-0.25, -0.2) is 9.13 Å². The number of hydrogen-bond acceptors (Lipinski definition) is 15. The molecule has 0 saturated carbocycles. The van der Waals surface area contributed by atoms with Gasteiger partial charge in [-0.15, -0.1) is 0 Å². The van der Waals surface area contributed by atoms with Crippen molar-refractivity contribution in [3.8, 4) is 0 Å². The number of phosphoric ester groups is 2. The molecule has 5 atom stereocenters. The standard InChI is InChI=1S/C83H146O17P2/c1-5-9-13-17-21-25-29-33-37-38-42-44-48-52-56-60-64-68-81(86)94-74-79(100-83(88)70-66-62-58-54-50-46-41-36-32-28-24-20-16-12-8-4)76-98-102(91,92)96-72-77(84)71-95-101(89,90)97-75-78(99-82(87)69-65-61-57-53-49-45-40-35-31-27-23-19-15-11-7-3)73-93-80(85)67-63-59-55-51-47-43-39-34-30-26-22-18-14-10-6-2/h21-22,25-26,33-37,39-42,44,52,56,77-79,84H,5-20,23-24,27-32,38,43,45-51,53-55,57-76H2,1-4H3,(H,89,90)(H,91,92)/b25-21-,26-22-,37-33-,39-34-,40-35-,41-36-,44-42-,56-52-/t77-,78+,79+/m0/s1. The smallest absolute Gasteiger partial charge is 0.462 e. The number of carbonyl (C=O) groups excluding carboxylic acids is 4. The molecule has 0 fully saturated rings. The van der Waals surface area contributed by atoms with E-state index < -0.39 is 97.5 Å². The Morgan fingerprint density at radius 2 is 0.490 bits per heavy atom. The Bertz CT molecular complexity index is 2310. The Labute approximate surface area is 620 Å². The number of hydrogen-bond donors (Lipinski definition) is 3. The van der Waals surface area contributed by atoms with Gasteiger partial charge in [0, 0.05) is 25.7 Å². The van der Waals surface area contributed by atoms with Gasteiger partial charge in [0.1, 0.15) is 19.3 Å². The first-order chi connectivity index (χ1) is 49.7. The van der Waals surface area contributed by atoms with Crippen LogP contribution in [-0.4, -0.2) is 96.7 Å². The third kappa shape index (κ3) is 74.3. The summed E-state index contributed by atoms with van der Waals surface area (Å²) < 4.78 is 68.6. The Morgan fingerprint density at radius 1 is 0.275 bits per heavy atom. The molecule has 0 aliphatic rings. The summed E-state index contributed by atoms with van der Waals surface area (Å²) in [5.41, 5.74) is 0. The van der Waals surface area contributed by atoms with Crippen LogP contribution >= 0.6 is 15.6 Å². The Morgan fingerprint density at radius 3 is 0.804 bits per heavy atom. The molecular formula is C83H146O17P2. The molecule has 2 unspecified atom stereocenters. The van der Waals surface area contributed by atoms with Crippen molar-refractivity contribution >= 4 is 39.5 Å². The summed E-state index contributed by atoms with van der Waals surface area (Å²) in [4.78, 5) is 73.0. The van der Waals surface area contributed by atoms with Crippen molar-refractivity contribution in [3.63, 3.8) is 0 Å². The molecule has 102 heavy (non-hydrogen) atoms. The van der Waals surface area contributed by atoms with Crippen LogP contribution in [0, 0.1) is 0 Å². The van der Waals surface area contributed by atoms with Crippen LogP contribution in [0.3, 0.4) is 0 Å². The van der Waals surface area contributed by atoms with Gasteiger partial charge in [-0.1, -0.05) is 273 Å². The zero-order chi connectivity index (χ0) is 74.6. The van der Waals surface area contributed by atoms with Gasteiger partial charge in [-0.2, -0.15) is 0 Å². The minimum Gasteiger partial charge on any atom is -0.462 e. The number of esters is 4. The minimum atomic E-state index is -4.99. The van der Waals surface area contributed by atoms with E-state index in [0.29, 0.717) is 32.1 Å². The van der Waals surface area contributed by atoms with E-state index in [-0.39, 0.29) is 25.7 Å². The lowest BCUT2D eigenvalue weighted by Gasteiger charge is -2.21. The second-order valence-electron chi connectivity index (χ2n) is 27.0. The number of unbranched alkanes of at least 4 members (excludes halogenated alkanes) is 34. The summed E-state index contributed by atoms with van der Waals surface area (Å²) in [6.45, 7) is 4.76. The highest BCUT2D eigenvalue weighted by molar-refractivity contribution is 7.47. The molecule has 17 nitrogen and oxygen atoms in total. The van der Waals surface area contributed by atoms with E-state index in [1.54, 1.807) is 0 Å². The van der Waals surface area contributed by atoms with Crippen molar-refractivity contribution in [2.24, 2.45) is 0 Å². The molecule has 590 valence electrons. The fraction of sp³-hybridized carbons (Fsp3) is 0.759. The van der Waals surface area contributed by atoms with Gasteiger partial charge < -0.3 is 33.8 Å². The highest BCUT2D eigenvalue weighted by Gasteiger charge is 2.30. The average Bonchev–Trinajstić information content (AvgIpc) is 0.923. The van der Waals surface area contributed by atoms with Crippen molar-refractivity contribution in [3.05, 3.63) is 97.2 Å². The summed E-state index contributed by atoms with van der Waals surface area (Å²) in [7, 11) is -9.97. The highest BCUT2D eigenvalue weighted by Crippen LogP contribution is 2.45. The van der Waals surface area contributed by atoms with Gasteiger partial charge in [-0.3, -0.25) is 37.3 Å². The molecule has 0 saturated heterocycles. The van der Waals surface area contributed by atoms with Crippen LogP contribution in [0.2, 0.25) is 0 Å². The maximum atomic E-state index is 13.1. The second-order valence-corrected chi connectivity index (χ2v) is 29.9. The minimum absolute atomic E-state index is 0.0736. The largest absolute Gasteiger partial charge is 0.472 e. The third-order valence-corrected chi connectivity index (χ3v) is 18.9. The van der Waals surface area contributed by atoms with Crippen molar-refractivity contribution < 1.29 is 80.2 Å². The van der Waals surface area contributed by atoms with Crippen LogP contribution in [-0.2, 0) is 65.4 Å². The van der Waals surface area contributed by atoms with E-state index in [9.17, 15) is 43.2 Å². The summed E-state index contributed by atoms with van der Waals surface area (Å²) in [5.74, 6) is -2.26. The topological polar surface area (TPSA) is 237 Å². The van der Waals surface area contributed by atoms with Gasteiger partial charge in [0.15, 0.2) is 12.2 Å². The molecular weight excluding hydrogens is 1330 g/mol. The normalized spacial score (nSPS) is 14.4. The SMILES string of the molecule is CCCCC/C=C\C/C=C\C/C=C\C/C=C\CCCC(=O)OC[C@H](COP(=O)(O)OC[C@@H](O)COP(=O)(O)OC[C@@H](COC(=O)CCCCCCC/C=C\C/C=C\CCCCC)OC(=O)CCCCCCC/C=C\CCCCCCCC)OC(=O)CCCCCCC/C=C\CCCCCCCC. The van der Waals surface area contributed by atoms with Gasteiger partial charge in [-0.05, 0) is 148 Å². The van der Waals surface area contributed by atoms with Gasteiger partial charge >= 0.3 is 39.5 Å². The lowest BCUT2D eigenvalue weighted by atomic mass is 10.1. The fourth-order valence-corrected chi connectivity index (χ4v) is 12.3. The third-order valence-electron chi connectivity index (χ3n) is 17.0. The predicted molar refractivity (Wildman–Crippen MR) is 418 cm³/mol. The van der Waals surface area contributed by atoms with Crippen LogP contribution in [0.1, 0.15) is 349 Å². The number of phosphoric acid groups is 2. The zero-order valence-corrected chi connectivity index (χ0v) is 66.3. The van der Waals surface area contributed by atoms with Crippen LogP contribution in [0.4, 0.5) is 0 Å². The Hall–Kier alpha value is -4.02. The second kappa shape index (κ2) is 75.2. The van der Waals surface area contributed by atoms with Crippen LogP contribution < -0.4 is 0 Å². The number of aliphatic hydroxyl groups is 1. The molecule has 0 aliphatic carbocycles. The van der Waals surface area contributed by atoms with E-state index >= 15 is 0 Å². The van der Waals surface area contributed by atoms with Gasteiger partial charge in [0.2, 0.25) is 0 Å². The molecule has 0 aromatic heterocycles. The molecule has 0 bridgehead atoms. The Kier molecular flexibility index (Phi) is 72.3. The van der Waals surface area contributed by atoms with Gasteiger partial charge in [0.05, 0.1) is 26.4 Å². The van der Waals surface area contributed by atoms with Crippen LogP contribution in [0.15, 0.2) is 97.2 Å². The quantitative estimate of drug-likeness (QED) is 0.0169. The number of aliphatic hydroxyl groups excluding tert-OH is 1. The van der Waals surface area contributed by atoms with Crippen molar-refractivity contribution in [1.82, 2.24) is 0 Å². The number of carbonyl (C=O) groups is 4. The van der Waals surface area contributed by atoms with E-state index in [4.69, 9.17) is 37.0 Å². The van der Waals surface area contributed by atoms with E-state index in [1.807, 2.05) is 12.2 Å². The monoisotopic (exact) mass is 1480 g/mol. The Balaban J connectivity index is 5.42. The molecule has 0 radical (unpaired) electrons. The predicted octanol–water partition coefficient (Wildman–Crippen LogP) is 23.6. The molecule has 3 N–H and O–H groups in total. The first kappa shape index (κ1) is 98.0. The summed E-state index contributed by atoms with van der Waals surface area (Å²) in [5, 5.41) is 10.6. The highest BCUT2D eigenvalue weighted by atomic mass is 31.2. The number of allylic oxidation sites excluding steroid dienone is 16. The van der Waals surface area contributed by atoms with E-state index in [2.05, 4.69) is 113 Å². The zero-order valence-electron chi connectivity index (χ0n) is 64.5. The van der Waals surface area contributed by atoms with Crippen LogP contribution in [0.25, 0.3) is 0 Å². The van der Waals surface area contributed by atoms with Crippen molar-refractivity contribution in [2.45, 2.75) is 367 Å². The van der Waals surface area contributed by atoms with E-state index in [1.165, 1.54) is 116 Å². The molecule has 0 spiro atoms. The van der Waals surface area contributed by atoms with E-state index in [0.717, 1.165) is 148 Å². The molecule has 0 aromatic rings. The molecule has 0 aromatic carbocycles. The lowest BCUT2D eigenvalue weighted by molar-refractivity contribution is -0.161. The summed E-state index contributed by atoms with van der Waals surface area (Å²) >= 11 is 0. The maximum absolute atomic E-state index is 13.1. The molecule has 19 heteroatoms. The lowest BCUT2D eigenvalue weighted by Crippen LogP contribution is -2.30. The summed E-state index contributed by atoms with van der Waals surface area (Å²) in [6.07, 6.45) is 79.6. The van der Waals surface area contributed by atoms with Crippen molar-refractivity contribution in [1.29, 1.82) is 0 Å². The first-order valence-corrected chi connectivity index (χ1v) is 43.5. The molecule has 0 heterocycles. The first-order valence-electron chi connectivity index (χ1n) is 40.5. The summed E-state index contributed by atoms with van der Waals surface area (Å²) in [6, 6.07) is 0. The molecule has 0 aliphatic heterocycles. The van der Waals surface area contributed by atoms with Crippen molar-refractivity contribution in [2.75, 3.05) is 39.6 Å². The molecule has 0 rings (SSSR count). The van der Waals surface area contributed by atoms with Gasteiger partial charge in [0.25, 0.3) is 0 Å². The molecule has 0 amide bonds. The van der Waals surface area contributed by atoms with Crippen LogP contribution in [0.5, 0.6) is 0 Å². The maximum Gasteiger partial charge on any atom is 0.472 e.